The number of pyridine rings is 1. The Labute approximate surface area is 205 Å². The maximum Gasteiger partial charge on any atom is 0.323 e. The molecule has 2 aromatic carbocycles. The average molecular weight is 492 g/mol. The number of carbonyl (C=O) groups is 1. The third kappa shape index (κ3) is 5.19. The Hall–Kier alpha value is -3.88. The van der Waals surface area contributed by atoms with Gasteiger partial charge in [0.05, 0.1) is 18.1 Å². The van der Waals surface area contributed by atoms with Crippen LogP contribution in [0.2, 0.25) is 10.2 Å². The van der Waals surface area contributed by atoms with Gasteiger partial charge in [-0.2, -0.15) is 4.98 Å². The molecule has 0 unspecified atom stereocenters. The van der Waals surface area contributed by atoms with Gasteiger partial charge in [0.15, 0.2) is 5.82 Å². The summed E-state index contributed by atoms with van der Waals surface area (Å²) in [4.78, 5) is 25.4. The van der Waals surface area contributed by atoms with Gasteiger partial charge in [-0.1, -0.05) is 35.3 Å². The molecule has 1 aliphatic rings. The smallest absolute Gasteiger partial charge is 0.323 e. The maximum atomic E-state index is 12.6. The summed E-state index contributed by atoms with van der Waals surface area (Å²) in [6.07, 6.45) is 4.53. The van der Waals surface area contributed by atoms with E-state index in [4.69, 9.17) is 23.2 Å². The van der Waals surface area contributed by atoms with Crippen LogP contribution in [0.1, 0.15) is 11.1 Å². The fourth-order valence-corrected chi connectivity index (χ4v) is 3.85. The summed E-state index contributed by atoms with van der Waals surface area (Å²) < 4.78 is 0. The number of hydrogen-bond donors (Lipinski definition) is 4. The number of halogens is 2. The summed E-state index contributed by atoms with van der Waals surface area (Å²) in [6.45, 7) is 0. The molecule has 1 aliphatic heterocycles. The monoisotopic (exact) mass is 491 g/mol. The van der Waals surface area contributed by atoms with Crippen molar-refractivity contribution < 1.29 is 4.79 Å². The van der Waals surface area contributed by atoms with E-state index in [1.165, 1.54) is 6.20 Å². The molecule has 0 fully saturated rings. The molecule has 0 spiro atoms. The topological polar surface area (TPSA) is 104 Å². The van der Waals surface area contributed by atoms with Gasteiger partial charge in [-0.15, -0.1) is 0 Å². The van der Waals surface area contributed by atoms with Crippen LogP contribution in [0.25, 0.3) is 0 Å². The molecule has 2 aromatic heterocycles. The van der Waals surface area contributed by atoms with E-state index in [-0.39, 0.29) is 6.03 Å². The lowest BCUT2D eigenvalue weighted by atomic mass is 10.0. The van der Waals surface area contributed by atoms with Crippen molar-refractivity contribution in [3.8, 4) is 0 Å². The van der Waals surface area contributed by atoms with Crippen molar-refractivity contribution >= 4 is 63.7 Å². The molecule has 10 heteroatoms. The molecular weight excluding hydrogens is 473 g/mol. The molecule has 2 amide bonds. The number of urea groups is 1. The van der Waals surface area contributed by atoms with Gasteiger partial charge in [0.2, 0.25) is 5.95 Å². The van der Waals surface area contributed by atoms with Crippen LogP contribution < -0.4 is 21.3 Å². The highest BCUT2D eigenvalue weighted by Crippen LogP contribution is 2.29. The normalized spacial score (nSPS) is 12.2. The number of nitrogens with one attached hydrogen (secondary N) is 4. The second-order valence-electron chi connectivity index (χ2n) is 7.66. The van der Waals surface area contributed by atoms with Crippen LogP contribution in [0, 0.1) is 0 Å². The van der Waals surface area contributed by atoms with E-state index >= 15 is 0 Å². The number of rotatable bonds is 2. The predicted molar refractivity (Wildman–Crippen MR) is 136 cm³/mol. The number of carbonyl (C=O) groups excluding carboxylic acids is 1. The van der Waals surface area contributed by atoms with E-state index in [1.54, 1.807) is 18.3 Å². The highest BCUT2D eigenvalue weighted by atomic mass is 35.5. The van der Waals surface area contributed by atoms with Gasteiger partial charge in [0.1, 0.15) is 10.2 Å². The van der Waals surface area contributed by atoms with Crippen molar-refractivity contribution in [2.75, 3.05) is 21.3 Å². The summed E-state index contributed by atoms with van der Waals surface area (Å²) in [5.74, 6) is 0.921. The minimum Gasteiger partial charge on any atom is -0.339 e. The standard InChI is InChI=1S/C24H19Cl2N7O/c25-19-13-28-23-30-16-3-1-2-14(10-16)4-5-15-11-17(29-22(19)33-23)6-8-20(15)32-24(34)31-18-7-9-21(26)27-12-18/h1-3,6-13H,4-5H2,(H2,31,32,34)(H2,28,29,30,33). The predicted octanol–water partition coefficient (Wildman–Crippen LogP) is 6.41. The number of anilines is 6. The van der Waals surface area contributed by atoms with Crippen molar-refractivity contribution in [2.24, 2.45) is 0 Å². The highest BCUT2D eigenvalue weighted by Gasteiger charge is 2.13. The first-order valence-electron chi connectivity index (χ1n) is 10.5. The molecule has 0 radical (unpaired) electrons. The van der Waals surface area contributed by atoms with Gasteiger partial charge >= 0.3 is 6.03 Å². The number of hydrogen-bond acceptors (Lipinski definition) is 6. The van der Waals surface area contributed by atoms with E-state index in [0.717, 1.165) is 28.9 Å². The first-order chi connectivity index (χ1) is 16.5. The van der Waals surface area contributed by atoms with Gasteiger partial charge in [0.25, 0.3) is 0 Å². The van der Waals surface area contributed by atoms with Gasteiger partial charge < -0.3 is 21.3 Å². The van der Waals surface area contributed by atoms with Crippen LogP contribution in [-0.2, 0) is 12.8 Å². The SMILES string of the molecule is O=C(Nc1ccc(Cl)nc1)Nc1ccc2cc1CCc1cccc(c1)Nc1ncc(Cl)c(n1)N2. The molecule has 0 atom stereocenters. The fourth-order valence-electron chi connectivity index (χ4n) is 3.60. The summed E-state index contributed by atoms with van der Waals surface area (Å²) in [6, 6.07) is 16.7. The Morgan fingerprint density at radius 1 is 0.882 bits per heavy atom. The molecule has 3 heterocycles. The van der Waals surface area contributed by atoms with E-state index < -0.39 is 0 Å². The van der Waals surface area contributed by atoms with Crippen molar-refractivity contribution in [3.05, 3.63) is 88.3 Å². The number of fused-ring (bicyclic) bond motifs is 6. The van der Waals surface area contributed by atoms with Gasteiger partial charge in [-0.25, -0.2) is 14.8 Å². The molecule has 0 saturated heterocycles. The molecule has 4 N–H and O–H groups in total. The zero-order chi connectivity index (χ0) is 23.5. The van der Waals surface area contributed by atoms with Crippen LogP contribution in [-0.4, -0.2) is 21.0 Å². The zero-order valence-electron chi connectivity index (χ0n) is 17.8. The quantitative estimate of drug-likeness (QED) is 0.241. The van der Waals surface area contributed by atoms with Crippen molar-refractivity contribution in [2.45, 2.75) is 12.8 Å². The Bertz CT molecular complexity index is 1360. The van der Waals surface area contributed by atoms with Crippen molar-refractivity contribution in [1.29, 1.82) is 0 Å². The van der Waals surface area contributed by atoms with Crippen LogP contribution in [0.4, 0.5) is 39.3 Å². The Morgan fingerprint density at radius 2 is 1.76 bits per heavy atom. The summed E-state index contributed by atoms with van der Waals surface area (Å²) in [7, 11) is 0. The number of benzene rings is 2. The largest absolute Gasteiger partial charge is 0.339 e. The van der Waals surface area contributed by atoms with Crippen LogP contribution >= 0.6 is 23.2 Å². The zero-order valence-corrected chi connectivity index (χ0v) is 19.3. The highest BCUT2D eigenvalue weighted by molar-refractivity contribution is 6.33. The number of nitrogens with zero attached hydrogens (tertiary/aromatic N) is 3. The molecular formula is C24H19Cl2N7O. The second-order valence-corrected chi connectivity index (χ2v) is 8.46. The molecule has 8 nitrogen and oxygen atoms in total. The summed E-state index contributed by atoms with van der Waals surface area (Å²) in [5, 5.41) is 12.9. The first kappa shape index (κ1) is 21.9. The minimum absolute atomic E-state index is 0.357. The molecule has 0 aliphatic carbocycles. The van der Waals surface area contributed by atoms with Gasteiger partial charge in [-0.05, 0) is 66.4 Å². The minimum atomic E-state index is -0.376. The van der Waals surface area contributed by atoms with Gasteiger partial charge in [-0.3, -0.25) is 0 Å². The molecule has 170 valence electrons. The van der Waals surface area contributed by atoms with Crippen molar-refractivity contribution in [1.82, 2.24) is 15.0 Å². The van der Waals surface area contributed by atoms with E-state index in [0.29, 0.717) is 39.7 Å². The molecule has 4 aromatic rings. The summed E-state index contributed by atoms with van der Waals surface area (Å²) >= 11 is 12.1. The third-order valence-electron chi connectivity index (χ3n) is 5.21. The lowest BCUT2D eigenvalue weighted by Gasteiger charge is -2.15. The number of amides is 2. The maximum absolute atomic E-state index is 12.6. The van der Waals surface area contributed by atoms with Crippen LogP contribution in [0.5, 0.6) is 0 Å². The first-order valence-corrected chi connectivity index (χ1v) is 11.3. The Morgan fingerprint density at radius 3 is 2.62 bits per heavy atom. The van der Waals surface area contributed by atoms with Crippen LogP contribution in [0.3, 0.4) is 0 Å². The molecule has 5 rings (SSSR count). The van der Waals surface area contributed by atoms with E-state index in [1.807, 2.05) is 30.3 Å². The number of aromatic nitrogens is 3. The van der Waals surface area contributed by atoms with Crippen LogP contribution in [0.15, 0.2) is 67.0 Å². The Balaban J connectivity index is 1.45. The van der Waals surface area contributed by atoms with E-state index in [9.17, 15) is 4.79 Å². The van der Waals surface area contributed by atoms with Gasteiger partial charge in [0, 0.05) is 17.1 Å². The fraction of sp³-hybridized carbons (Fsp3) is 0.0833. The Kier molecular flexibility index (Phi) is 6.16. The summed E-state index contributed by atoms with van der Waals surface area (Å²) in [5.41, 5.74) is 5.01. The third-order valence-corrected chi connectivity index (χ3v) is 5.71. The average Bonchev–Trinajstić information content (AvgIpc) is 2.83. The number of aryl methyl sites for hydroxylation is 2. The lowest BCUT2D eigenvalue weighted by molar-refractivity contribution is 0.262. The molecule has 34 heavy (non-hydrogen) atoms. The molecule has 0 saturated carbocycles. The lowest BCUT2D eigenvalue weighted by Crippen LogP contribution is -2.20. The van der Waals surface area contributed by atoms with Crippen molar-refractivity contribution in [3.63, 3.8) is 0 Å². The van der Waals surface area contributed by atoms with E-state index in [2.05, 4.69) is 48.4 Å². The molecule has 6 bridgehead atoms. The second kappa shape index (κ2) is 9.54.